The normalized spacial score (nSPS) is 12.5. The summed E-state index contributed by atoms with van der Waals surface area (Å²) in [5.74, 6) is 0. The maximum Gasteiger partial charge on any atom is 0.299 e. The van der Waals surface area contributed by atoms with E-state index in [4.69, 9.17) is 11.6 Å². The number of nitrogens with one attached hydrogen (secondary N) is 4. The first kappa shape index (κ1) is 22.3. The Labute approximate surface area is 170 Å². The van der Waals surface area contributed by atoms with Gasteiger partial charge in [-0.3, -0.25) is 9.44 Å². The third-order valence-electron chi connectivity index (χ3n) is 3.13. The van der Waals surface area contributed by atoms with E-state index >= 15 is 0 Å². The molecule has 0 unspecified atom stereocenters. The van der Waals surface area contributed by atoms with Crippen LogP contribution in [0.5, 0.6) is 0 Å². The van der Waals surface area contributed by atoms with Crippen LogP contribution in [0.1, 0.15) is 20.8 Å². The molecule has 2 rings (SSSR count). The summed E-state index contributed by atoms with van der Waals surface area (Å²) in [5, 5.41) is 3.45. The number of hydrogen-bond donors (Lipinski definition) is 4. The molecule has 2 aromatic rings. The third kappa shape index (κ3) is 7.55. The fourth-order valence-corrected chi connectivity index (χ4v) is 4.33. The second kappa shape index (κ2) is 8.16. The minimum absolute atomic E-state index is 0.266. The highest BCUT2D eigenvalue weighted by atomic mass is 35.5. The molecule has 8 nitrogen and oxygen atoms in total. The van der Waals surface area contributed by atoms with Crippen molar-refractivity contribution < 1.29 is 16.8 Å². The monoisotopic (exact) mass is 446 g/mol. The van der Waals surface area contributed by atoms with Crippen LogP contribution in [-0.4, -0.2) is 28.6 Å². The molecule has 4 N–H and O–H groups in total. The third-order valence-corrected chi connectivity index (χ3v) is 5.34. The van der Waals surface area contributed by atoms with Crippen LogP contribution in [0.25, 0.3) is 0 Å². The van der Waals surface area contributed by atoms with Gasteiger partial charge in [-0.25, -0.2) is 8.42 Å². The van der Waals surface area contributed by atoms with Crippen LogP contribution in [0.2, 0.25) is 5.02 Å². The molecule has 154 valence electrons. The van der Waals surface area contributed by atoms with Crippen molar-refractivity contribution in [2.45, 2.75) is 26.3 Å². The van der Waals surface area contributed by atoms with E-state index < -0.39 is 25.8 Å². The fourth-order valence-electron chi connectivity index (χ4n) is 2.27. The molecule has 0 spiro atoms. The van der Waals surface area contributed by atoms with Gasteiger partial charge in [-0.1, -0.05) is 11.6 Å². The van der Waals surface area contributed by atoms with Crippen molar-refractivity contribution in [3.8, 4) is 0 Å². The molecular weight excluding hydrogens is 424 g/mol. The van der Waals surface area contributed by atoms with Gasteiger partial charge in [0.25, 0.3) is 10.2 Å². The summed E-state index contributed by atoms with van der Waals surface area (Å²) in [4.78, 5) is 0. The van der Waals surface area contributed by atoms with E-state index in [1.165, 1.54) is 6.07 Å². The summed E-state index contributed by atoms with van der Waals surface area (Å²) in [6, 6.07) is 11.2. The van der Waals surface area contributed by atoms with Gasteiger partial charge in [0.2, 0.25) is 10.0 Å². The van der Waals surface area contributed by atoms with Crippen LogP contribution in [0.15, 0.2) is 42.5 Å². The van der Waals surface area contributed by atoms with E-state index in [2.05, 4.69) is 19.5 Å². The van der Waals surface area contributed by atoms with Gasteiger partial charge in [0.1, 0.15) is 0 Å². The summed E-state index contributed by atoms with van der Waals surface area (Å²) in [6.45, 7) is 5.19. The molecule has 0 radical (unpaired) electrons. The molecule has 28 heavy (non-hydrogen) atoms. The zero-order chi connectivity index (χ0) is 21.2. The second-order valence-electron chi connectivity index (χ2n) is 7.22. The highest BCUT2D eigenvalue weighted by Crippen LogP contribution is 2.30. The Hall–Kier alpha value is -2.01. The van der Waals surface area contributed by atoms with Gasteiger partial charge in [-0.2, -0.15) is 13.1 Å². The van der Waals surface area contributed by atoms with Gasteiger partial charge in [0.05, 0.1) is 17.6 Å². The maximum atomic E-state index is 12.4. The SMILES string of the molecule is CC(C)(C)NS(=O)(=O)Nc1cc(Cl)ccc1Nc1ccc(NS(C)(=O)=O)cc1. The van der Waals surface area contributed by atoms with Crippen molar-refractivity contribution in [2.24, 2.45) is 0 Å². The van der Waals surface area contributed by atoms with Crippen LogP contribution in [-0.2, 0) is 20.2 Å². The minimum Gasteiger partial charge on any atom is -0.354 e. The zero-order valence-corrected chi connectivity index (χ0v) is 18.3. The van der Waals surface area contributed by atoms with E-state index in [1.807, 2.05) is 0 Å². The zero-order valence-electron chi connectivity index (χ0n) is 15.9. The number of anilines is 4. The molecule has 0 aliphatic heterocycles. The molecule has 2 aromatic carbocycles. The second-order valence-corrected chi connectivity index (χ2v) is 10.8. The van der Waals surface area contributed by atoms with Crippen LogP contribution >= 0.6 is 11.6 Å². The molecule has 0 aromatic heterocycles. The van der Waals surface area contributed by atoms with Crippen molar-refractivity contribution in [1.29, 1.82) is 0 Å². The Bertz CT molecular complexity index is 1050. The molecule has 11 heteroatoms. The summed E-state index contributed by atoms with van der Waals surface area (Å²) >= 11 is 6.02. The number of sulfonamides is 1. The molecule has 0 atom stereocenters. The van der Waals surface area contributed by atoms with Gasteiger partial charge in [0, 0.05) is 21.9 Å². The molecule has 0 aliphatic rings. The lowest BCUT2D eigenvalue weighted by Crippen LogP contribution is -2.43. The number of benzene rings is 2. The first-order valence-electron chi connectivity index (χ1n) is 8.19. The van der Waals surface area contributed by atoms with Gasteiger partial charge in [-0.15, -0.1) is 0 Å². The smallest absolute Gasteiger partial charge is 0.299 e. The van der Waals surface area contributed by atoms with E-state index in [9.17, 15) is 16.8 Å². The number of rotatable bonds is 7. The molecule has 0 saturated heterocycles. The van der Waals surface area contributed by atoms with E-state index in [-0.39, 0.29) is 5.69 Å². The Balaban J connectivity index is 2.25. The van der Waals surface area contributed by atoms with Gasteiger partial charge < -0.3 is 5.32 Å². The van der Waals surface area contributed by atoms with E-state index in [0.29, 0.717) is 22.1 Å². The summed E-state index contributed by atoms with van der Waals surface area (Å²) in [5.41, 5.74) is 1.14. The Morgan fingerprint density at radius 1 is 0.821 bits per heavy atom. The lowest BCUT2D eigenvalue weighted by atomic mass is 10.1. The maximum absolute atomic E-state index is 12.4. The molecule has 0 aliphatic carbocycles. The van der Waals surface area contributed by atoms with Crippen LogP contribution in [0.4, 0.5) is 22.7 Å². The number of hydrogen-bond acceptors (Lipinski definition) is 5. The largest absolute Gasteiger partial charge is 0.354 e. The number of halogens is 1. The summed E-state index contributed by atoms with van der Waals surface area (Å²) in [7, 11) is -7.19. The fraction of sp³-hybridized carbons (Fsp3) is 0.294. The lowest BCUT2D eigenvalue weighted by molar-refractivity contribution is 0.494. The highest BCUT2D eigenvalue weighted by molar-refractivity contribution is 7.92. The Kier molecular flexibility index (Phi) is 6.49. The minimum atomic E-state index is -3.83. The molecule has 0 bridgehead atoms. The van der Waals surface area contributed by atoms with Crippen LogP contribution in [0, 0.1) is 0 Å². The van der Waals surface area contributed by atoms with Gasteiger partial charge >= 0.3 is 0 Å². The summed E-state index contributed by atoms with van der Waals surface area (Å²) < 4.78 is 54.6. The standard InChI is InChI=1S/C17H23ClN4O4S2/c1-17(2,3)22-28(25,26)21-16-11-12(18)5-10-15(16)19-13-6-8-14(9-7-13)20-27(4,23)24/h5-11,19-22H,1-4H3. The van der Waals surface area contributed by atoms with Crippen molar-refractivity contribution in [2.75, 3.05) is 21.0 Å². The van der Waals surface area contributed by atoms with E-state index in [1.54, 1.807) is 57.2 Å². The average molecular weight is 447 g/mol. The molecular formula is C17H23ClN4O4S2. The van der Waals surface area contributed by atoms with Crippen LogP contribution < -0.4 is 19.5 Å². The van der Waals surface area contributed by atoms with Crippen molar-refractivity contribution in [3.63, 3.8) is 0 Å². The Morgan fingerprint density at radius 3 is 1.93 bits per heavy atom. The quantitative estimate of drug-likeness (QED) is 0.519. The molecule has 0 heterocycles. The van der Waals surface area contributed by atoms with Gasteiger partial charge in [0.15, 0.2) is 0 Å². The van der Waals surface area contributed by atoms with Crippen molar-refractivity contribution in [1.82, 2.24) is 4.72 Å². The first-order valence-corrected chi connectivity index (χ1v) is 11.9. The molecule has 0 fully saturated rings. The van der Waals surface area contributed by atoms with Gasteiger partial charge in [-0.05, 0) is 63.2 Å². The van der Waals surface area contributed by atoms with Crippen molar-refractivity contribution in [3.05, 3.63) is 47.5 Å². The predicted octanol–water partition coefficient (Wildman–Crippen LogP) is 3.50. The summed E-state index contributed by atoms with van der Waals surface area (Å²) in [6.07, 6.45) is 1.07. The lowest BCUT2D eigenvalue weighted by Gasteiger charge is -2.22. The predicted molar refractivity (Wildman–Crippen MR) is 115 cm³/mol. The molecule has 0 saturated carbocycles. The first-order chi connectivity index (χ1) is 12.7. The highest BCUT2D eigenvalue weighted by Gasteiger charge is 2.21. The van der Waals surface area contributed by atoms with Crippen LogP contribution in [0.3, 0.4) is 0 Å². The molecule has 0 amide bonds. The Morgan fingerprint density at radius 2 is 1.39 bits per heavy atom. The average Bonchev–Trinajstić information content (AvgIpc) is 2.47. The van der Waals surface area contributed by atoms with Crippen molar-refractivity contribution >= 4 is 54.6 Å². The van der Waals surface area contributed by atoms with E-state index in [0.717, 1.165) is 6.26 Å². The topological polar surface area (TPSA) is 116 Å².